The van der Waals surface area contributed by atoms with Crippen molar-refractivity contribution >= 4 is 37.5 Å². The van der Waals surface area contributed by atoms with E-state index in [4.69, 9.17) is 0 Å². The first-order valence-corrected chi connectivity index (χ1v) is 12.9. The van der Waals surface area contributed by atoms with Crippen LogP contribution in [-0.2, 0) is 23.5 Å². The summed E-state index contributed by atoms with van der Waals surface area (Å²) in [4.78, 5) is 17.9. The molecule has 1 amide bonds. The van der Waals surface area contributed by atoms with Crippen molar-refractivity contribution in [3.05, 3.63) is 58.4 Å². The molecule has 0 saturated carbocycles. The first-order valence-electron chi connectivity index (χ1n) is 10.7. The second-order valence-corrected chi connectivity index (χ2v) is 10.8. The van der Waals surface area contributed by atoms with Gasteiger partial charge in [0.05, 0.1) is 15.1 Å². The Morgan fingerprint density at radius 2 is 1.71 bits per heavy atom. The number of nitrogens with zero attached hydrogens (tertiary/aromatic N) is 3. The molecule has 0 aliphatic carbocycles. The van der Waals surface area contributed by atoms with E-state index < -0.39 is 10.0 Å². The van der Waals surface area contributed by atoms with Crippen molar-refractivity contribution in [3.8, 4) is 0 Å². The molecule has 0 spiro atoms. The van der Waals surface area contributed by atoms with E-state index in [1.807, 2.05) is 11.6 Å². The maximum Gasteiger partial charge on any atom is 0.279 e. The number of thiazole rings is 1. The van der Waals surface area contributed by atoms with Crippen LogP contribution in [0, 0.1) is 0 Å². The Kier molecular flexibility index (Phi) is 6.41. The number of hydrogen-bond donors (Lipinski definition) is 0. The zero-order chi connectivity index (χ0) is 22.0. The predicted molar refractivity (Wildman–Crippen MR) is 124 cm³/mol. The molecule has 2 heterocycles. The zero-order valence-electron chi connectivity index (χ0n) is 17.9. The highest BCUT2D eigenvalue weighted by molar-refractivity contribution is 7.89. The molecule has 31 heavy (non-hydrogen) atoms. The zero-order valence-corrected chi connectivity index (χ0v) is 19.5. The van der Waals surface area contributed by atoms with Crippen LogP contribution in [0.4, 0.5) is 0 Å². The van der Waals surface area contributed by atoms with Crippen molar-refractivity contribution in [2.45, 2.75) is 43.9 Å². The normalized spacial score (nSPS) is 16.5. The van der Waals surface area contributed by atoms with Gasteiger partial charge in [-0.2, -0.15) is 9.30 Å². The van der Waals surface area contributed by atoms with Crippen molar-refractivity contribution in [2.24, 2.45) is 12.0 Å². The molecule has 0 unspecified atom stereocenters. The van der Waals surface area contributed by atoms with E-state index in [0.29, 0.717) is 23.5 Å². The first kappa shape index (κ1) is 21.9. The van der Waals surface area contributed by atoms with Gasteiger partial charge in [-0.1, -0.05) is 37.2 Å². The molecule has 1 fully saturated rings. The molecule has 0 atom stereocenters. The third-order valence-corrected chi connectivity index (χ3v) is 8.79. The van der Waals surface area contributed by atoms with Crippen LogP contribution >= 0.6 is 11.3 Å². The van der Waals surface area contributed by atoms with E-state index >= 15 is 0 Å². The quantitative estimate of drug-likeness (QED) is 0.592. The summed E-state index contributed by atoms with van der Waals surface area (Å²) in [6.45, 7) is 3.22. The Hall–Kier alpha value is -2.29. The molecule has 4 rings (SSSR count). The number of carbonyl (C=O) groups excluding carboxylic acids is 1. The van der Waals surface area contributed by atoms with Gasteiger partial charge in [-0.25, -0.2) is 8.42 Å². The molecule has 1 aliphatic heterocycles. The van der Waals surface area contributed by atoms with Gasteiger partial charge >= 0.3 is 0 Å². The minimum absolute atomic E-state index is 0.227. The average Bonchev–Trinajstić information content (AvgIpc) is 2.95. The fourth-order valence-electron chi connectivity index (χ4n) is 3.86. The Bertz CT molecular complexity index is 1260. The predicted octanol–water partition coefficient (Wildman–Crippen LogP) is 4.11. The lowest BCUT2D eigenvalue weighted by Crippen LogP contribution is -2.31. The van der Waals surface area contributed by atoms with Gasteiger partial charge in [-0.3, -0.25) is 4.79 Å². The second-order valence-electron chi connectivity index (χ2n) is 7.86. The van der Waals surface area contributed by atoms with Crippen LogP contribution in [0.2, 0.25) is 0 Å². The topological polar surface area (TPSA) is 71.7 Å². The highest BCUT2D eigenvalue weighted by Gasteiger charge is 2.25. The maximum atomic E-state index is 12.9. The van der Waals surface area contributed by atoms with E-state index in [1.54, 1.807) is 16.4 Å². The summed E-state index contributed by atoms with van der Waals surface area (Å²) in [7, 11) is -1.63. The number of hydrogen-bond acceptors (Lipinski definition) is 4. The molecule has 0 radical (unpaired) electrons. The molecule has 0 N–H and O–H groups in total. The van der Waals surface area contributed by atoms with Gasteiger partial charge in [-0.05, 0) is 61.2 Å². The van der Waals surface area contributed by atoms with Crippen LogP contribution in [0.1, 0.15) is 48.5 Å². The van der Waals surface area contributed by atoms with Crippen molar-refractivity contribution in [1.82, 2.24) is 8.87 Å². The summed E-state index contributed by atoms with van der Waals surface area (Å²) in [6.07, 6.45) is 4.86. The number of aryl methyl sites for hydroxylation is 2. The molecule has 0 bridgehead atoms. The number of amides is 1. The van der Waals surface area contributed by atoms with Crippen LogP contribution in [0.5, 0.6) is 0 Å². The molecule has 3 aromatic rings. The van der Waals surface area contributed by atoms with Crippen molar-refractivity contribution in [2.75, 3.05) is 13.1 Å². The van der Waals surface area contributed by atoms with Gasteiger partial charge < -0.3 is 4.57 Å². The van der Waals surface area contributed by atoms with Crippen LogP contribution in [-0.4, -0.2) is 36.3 Å². The minimum Gasteiger partial charge on any atom is -0.319 e. The summed E-state index contributed by atoms with van der Waals surface area (Å²) in [5.41, 5.74) is 2.66. The van der Waals surface area contributed by atoms with Gasteiger partial charge in [0, 0.05) is 25.7 Å². The van der Waals surface area contributed by atoms with Crippen molar-refractivity contribution < 1.29 is 13.2 Å². The molecule has 1 saturated heterocycles. The summed E-state index contributed by atoms with van der Waals surface area (Å²) < 4.78 is 30.4. The Morgan fingerprint density at radius 3 is 2.35 bits per heavy atom. The summed E-state index contributed by atoms with van der Waals surface area (Å²) in [6, 6.07) is 12.4. The van der Waals surface area contributed by atoms with E-state index in [1.165, 1.54) is 29.0 Å². The lowest BCUT2D eigenvalue weighted by molar-refractivity contribution is 0.0998. The Labute approximate surface area is 186 Å². The van der Waals surface area contributed by atoms with Gasteiger partial charge in [0.25, 0.3) is 5.91 Å². The van der Waals surface area contributed by atoms with Crippen LogP contribution in [0.25, 0.3) is 10.2 Å². The van der Waals surface area contributed by atoms with E-state index in [9.17, 15) is 13.2 Å². The Morgan fingerprint density at radius 1 is 1.03 bits per heavy atom. The summed E-state index contributed by atoms with van der Waals surface area (Å²) in [5, 5.41) is 0. The van der Waals surface area contributed by atoms with Crippen molar-refractivity contribution in [3.63, 3.8) is 0 Å². The lowest BCUT2D eigenvalue weighted by Gasteiger charge is -2.19. The lowest BCUT2D eigenvalue weighted by atomic mass is 10.2. The van der Waals surface area contributed by atoms with E-state index in [2.05, 4.69) is 30.1 Å². The maximum absolute atomic E-state index is 12.9. The number of benzene rings is 2. The van der Waals surface area contributed by atoms with Gasteiger partial charge in [0.2, 0.25) is 10.0 Å². The largest absolute Gasteiger partial charge is 0.319 e. The molecule has 1 aliphatic rings. The summed E-state index contributed by atoms with van der Waals surface area (Å²) in [5.74, 6) is -0.378. The van der Waals surface area contributed by atoms with E-state index in [0.717, 1.165) is 42.3 Å². The van der Waals surface area contributed by atoms with Gasteiger partial charge in [0.1, 0.15) is 0 Å². The standard InChI is InChI=1S/C23H27N3O3S2/c1-3-17-8-13-20-21(16-17)30-23(25(20)2)24-22(27)18-9-11-19(12-10-18)31(28,29)26-14-6-4-5-7-15-26/h8-13,16H,3-7,14-15H2,1-2H3. The Balaban J connectivity index is 1.60. The van der Waals surface area contributed by atoms with Gasteiger partial charge in [0.15, 0.2) is 4.80 Å². The highest BCUT2D eigenvalue weighted by atomic mass is 32.2. The fraction of sp³-hybridized carbons (Fsp3) is 0.391. The molecular formula is C23H27N3O3S2. The number of rotatable bonds is 4. The third-order valence-electron chi connectivity index (χ3n) is 5.78. The molecule has 2 aromatic carbocycles. The van der Waals surface area contributed by atoms with Gasteiger partial charge in [-0.15, -0.1) is 0 Å². The highest BCUT2D eigenvalue weighted by Crippen LogP contribution is 2.21. The van der Waals surface area contributed by atoms with Crippen LogP contribution in [0.15, 0.2) is 52.4 Å². The van der Waals surface area contributed by atoms with E-state index in [-0.39, 0.29) is 10.8 Å². The molecule has 164 valence electrons. The molecule has 1 aromatic heterocycles. The molecule has 6 nitrogen and oxygen atoms in total. The average molecular weight is 458 g/mol. The van der Waals surface area contributed by atoms with Crippen LogP contribution in [0.3, 0.4) is 0 Å². The number of fused-ring (bicyclic) bond motifs is 1. The molecule has 8 heteroatoms. The smallest absolute Gasteiger partial charge is 0.279 e. The SMILES string of the molecule is CCc1ccc2c(c1)sc(=NC(=O)c1ccc(S(=O)(=O)N3CCCCCC3)cc1)n2C. The monoisotopic (exact) mass is 457 g/mol. The number of sulfonamides is 1. The second kappa shape index (κ2) is 9.06. The fourth-order valence-corrected chi connectivity index (χ4v) is 6.45. The number of aromatic nitrogens is 1. The summed E-state index contributed by atoms with van der Waals surface area (Å²) >= 11 is 1.48. The molecular weight excluding hydrogens is 430 g/mol. The number of carbonyl (C=O) groups is 1. The first-order chi connectivity index (χ1) is 14.9. The van der Waals surface area contributed by atoms with Crippen molar-refractivity contribution in [1.29, 1.82) is 0 Å². The third kappa shape index (κ3) is 4.51. The minimum atomic E-state index is -3.53. The van der Waals surface area contributed by atoms with Crippen LogP contribution < -0.4 is 4.80 Å².